The Morgan fingerprint density at radius 2 is 2.14 bits per heavy atom. The van der Waals surface area contributed by atoms with Gasteiger partial charge in [0.1, 0.15) is 0 Å². The average molecular weight is 379 g/mol. The van der Waals surface area contributed by atoms with Crippen LogP contribution in [0.25, 0.3) is 10.9 Å². The maximum absolute atomic E-state index is 13.1. The van der Waals surface area contributed by atoms with E-state index in [2.05, 4.69) is 6.92 Å². The van der Waals surface area contributed by atoms with Gasteiger partial charge in [-0.3, -0.25) is 9.78 Å². The average Bonchev–Trinajstić information content (AvgIpc) is 2.69. The summed E-state index contributed by atoms with van der Waals surface area (Å²) in [7, 11) is 1.61. The summed E-state index contributed by atoms with van der Waals surface area (Å²) in [4.78, 5) is 31.7. The molecule has 0 spiro atoms. The molecule has 6 heteroatoms. The quantitative estimate of drug-likeness (QED) is 0.745. The minimum Gasteiger partial charge on any atom is -0.449 e. The van der Waals surface area contributed by atoms with Crippen molar-refractivity contribution in [2.75, 3.05) is 13.6 Å². The summed E-state index contributed by atoms with van der Waals surface area (Å²) in [5, 5.41) is 9.45. The Kier molecular flexibility index (Phi) is 5.93. The molecule has 146 valence electrons. The molecule has 1 aliphatic rings. The number of hydrogen-bond donors (Lipinski definition) is 0. The fourth-order valence-electron chi connectivity index (χ4n) is 3.70. The van der Waals surface area contributed by atoms with Gasteiger partial charge < -0.3 is 9.64 Å². The number of benzene rings is 1. The molecule has 0 aliphatic heterocycles. The minimum absolute atomic E-state index is 0.239. The Balaban J connectivity index is 1.92. The van der Waals surface area contributed by atoms with E-state index in [0.717, 1.165) is 41.4 Å². The maximum Gasteiger partial charge on any atom is 0.339 e. The molecule has 1 aliphatic carbocycles. The first kappa shape index (κ1) is 19.8. The molecule has 1 aromatic carbocycles. The molecule has 2 atom stereocenters. The highest BCUT2D eigenvalue weighted by Gasteiger charge is 2.29. The van der Waals surface area contributed by atoms with Crippen LogP contribution in [0.4, 0.5) is 0 Å². The number of hydrogen-bond acceptors (Lipinski definition) is 5. The van der Waals surface area contributed by atoms with E-state index >= 15 is 0 Å². The van der Waals surface area contributed by atoms with Crippen molar-refractivity contribution in [1.29, 1.82) is 5.26 Å². The van der Waals surface area contributed by atoms with Crippen LogP contribution in [0.3, 0.4) is 0 Å². The molecule has 0 saturated heterocycles. The third-order valence-corrected chi connectivity index (χ3v) is 5.28. The fraction of sp³-hybridized carbons (Fsp3) is 0.455. The number of esters is 1. The lowest BCUT2D eigenvalue weighted by atomic mass is 9.84. The predicted octanol–water partition coefficient (Wildman–Crippen LogP) is 3.28. The number of nitriles is 1. The van der Waals surface area contributed by atoms with Crippen molar-refractivity contribution in [1.82, 2.24) is 9.88 Å². The Morgan fingerprint density at radius 1 is 1.39 bits per heavy atom. The van der Waals surface area contributed by atoms with Crippen LogP contribution in [0.2, 0.25) is 0 Å². The summed E-state index contributed by atoms with van der Waals surface area (Å²) >= 11 is 0. The van der Waals surface area contributed by atoms with Crippen LogP contribution in [-0.2, 0) is 22.4 Å². The predicted molar refractivity (Wildman–Crippen MR) is 106 cm³/mol. The number of aryl methyl sites for hydroxylation is 1. The van der Waals surface area contributed by atoms with Gasteiger partial charge in [-0.2, -0.15) is 5.26 Å². The second kappa shape index (κ2) is 8.39. The van der Waals surface area contributed by atoms with Crippen LogP contribution in [-0.4, -0.2) is 41.5 Å². The highest BCUT2D eigenvalue weighted by Crippen LogP contribution is 2.32. The van der Waals surface area contributed by atoms with E-state index in [-0.39, 0.29) is 12.3 Å². The van der Waals surface area contributed by atoms with E-state index in [1.54, 1.807) is 14.0 Å². The van der Waals surface area contributed by atoms with Crippen LogP contribution in [0.5, 0.6) is 0 Å². The highest BCUT2D eigenvalue weighted by molar-refractivity contribution is 6.05. The molecule has 0 saturated carbocycles. The maximum atomic E-state index is 13.1. The lowest BCUT2D eigenvalue weighted by Crippen LogP contribution is -2.38. The number of fused-ring (bicyclic) bond motifs is 2. The number of carbonyl (C=O) groups is 2. The molecule has 3 rings (SSSR count). The molecule has 1 aromatic heterocycles. The van der Waals surface area contributed by atoms with Gasteiger partial charge in [0.05, 0.1) is 23.6 Å². The van der Waals surface area contributed by atoms with Crippen LogP contribution in [0.15, 0.2) is 24.3 Å². The lowest BCUT2D eigenvalue weighted by molar-refractivity contribution is -0.138. The smallest absolute Gasteiger partial charge is 0.339 e. The number of aromatic nitrogens is 1. The number of rotatable bonds is 5. The molecule has 0 fully saturated rings. The molecule has 2 aromatic rings. The summed E-state index contributed by atoms with van der Waals surface area (Å²) in [6.07, 6.45) is 1.99. The van der Waals surface area contributed by atoms with E-state index in [9.17, 15) is 9.59 Å². The summed E-state index contributed by atoms with van der Waals surface area (Å²) in [6.45, 7) is 4.05. The lowest BCUT2D eigenvalue weighted by Gasteiger charge is -2.25. The zero-order valence-electron chi connectivity index (χ0n) is 16.6. The van der Waals surface area contributed by atoms with Crippen LogP contribution >= 0.6 is 0 Å². The Labute approximate surface area is 165 Å². The Bertz CT molecular complexity index is 948. The second-order valence-corrected chi connectivity index (χ2v) is 7.49. The topological polar surface area (TPSA) is 83.3 Å². The van der Waals surface area contributed by atoms with Crippen molar-refractivity contribution in [3.05, 3.63) is 41.1 Å². The normalized spacial score (nSPS) is 16.7. The molecule has 1 amide bonds. The first-order valence-electron chi connectivity index (χ1n) is 9.65. The molecular weight excluding hydrogens is 354 g/mol. The molecule has 0 radical (unpaired) electrons. The van der Waals surface area contributed by atoms with Gasteiger partial charge in [-0.1, -0.05) is 25.1 Å². The van der Waals surface area contributed by atoms with Crippen molar-refractivity contribution < 1.29 is 14.3 Å². The summed E-state index contributed by atoms with van der Waals surface area (Å²) in [6, 6.07) is 9.57. The van der Waals surface area contributed by atoms with E-state index in [1.807, 2.05) is 30.3 Å². The molecule has 0 N–H and O–H groups in total. The monoisotopic (exact) mass is 379 g/mol. The number of amides is 1. The standard InChI is InChI=1S/C22H25N3O3/c1-14-9-10-19-17(13-14)20(16-7-4-5-8-18(16)24-19)22(27)28-15(2)21(26)25(3)12-6-11-23/h4-5,7-8,14-15H,6,9-10,12-13H2,1-3H3/t14-,15+/m1/s1. The van der Waals surface area contributed by atoms with E-state index in [0.29, 0.717) is 18.0 Å². The van der Waals surface area contributed by atoms with E-state index in [1.165, 1.54) is 4.90 Å². The number of carbonyl (C=O) groups excluding carboxylic acids is 2. The molecular formula is C22H25N3O3. The minimum atomic E-state index is -0.917. The number of para-hydroxylation sites is 1. The zero-order valence-corrected chi connectivity index (χ0v) is 16.6. The number of nitrogens with zero attached hydrogens (tertiary/aromatic N) is 3. The molecule has 6 nitrogen and oxygen atoms in total. The summed E-state index contributed by atoms with van der Waals surface area (Å²) in [5.41, 5.74) is 3.20. The van der Waals surface area contributed by atoms with Gasteiger partial charge in [-0.15, -0.1) is 0 Å². The Hall–Kier alpha value is -2.94. The number of pyridine rings is 1. The van der Waals surface area contributed by atoms with Gasteiger partial charge in [0, 0.05) is 24.7 Å². The fourth-order valence-corrected chi connectivity index (χ4v) is 3.70. The second-order valence-electron chi connectivity index (χ2n) is 7.49. The summed E-state index contributed by atoms with van der Waals surface area (Å²) in [5.74, 6) is -0.333. The van der Waals surface area contributed by atoms with Crippen molar-refractivity contribution in [3.63, 3.8) is 0 Å². The van der Waals surface area contributed by atoms with Gasteiger partial charge >= 0.3 is 5.97 Å². The van der Waals surface area contributed by atoms with Crippen molar-refractivity contribution in [2.24, 2.45) is 5.92 Å². The number of ether oxygens (including phenoxy) is 1. The van der Waals surface area contributed by atoms with Crippen LogP contribution in [0.1, 0.15) is 48.3 Å². The van der Waals surface area contributed by atoms with Crippen LogP contribution < -0.4 is 0 Å². The van der Waals surface area contributed by atoms with Gasteiger partial charge in [0.2, 0.25) is 0 Å². The highest BCUT2D eigenvalue weighted by atomic mass is 16.5. The first-order chi connectivity index (χ1) is 13.4. The van der Waals surface area contributed by atoms with Gasteiger partial charge in [0.25, 0.3) is 5.91 Å². The van der Waals surface area contributed by atoms with Crippen molar-refractivity contribution in [2.45, 2.75) is 45.6 Å². The van der Waals surface area contributed by atoms with Gasteiger partial charge in [0.15, 0.2) is 6.10 Å². The van der Waals surface area contributed by atoms with Crippen molar-refractivity contribution in [3.8, 4) is 6.07 Å². The molecule has 28 heavy (non-hydrogen) atoms. The third kappa shape index (κ3) is 3.99. The molecule has 1 heterocycles. The van der Waals surface area contributed by atoms with E-state index in [4.69, 9.17) is 15.0 Å². The largest absolute Gasteiger partial charge is 0.449 e. The SMILES string of the molecule is C[C@@H]1CCc2nc3ccccc3c(C(=O)O[C@@H](C)C(=O)N(C)CCC#N)c2C1. The zero-order chi connectivity index (χ0) is 20.3. The molecule has 0 unspecified atom stereocenters. The summed E-state index contributed by atoms with van der Waals surface area (Å²) < 4.78 is 5.57. The van der Waals surface area contributed by atoms with Crippen molar-refractivity contribution >= 4 is 22.8 Å². The van der Waals surface area contributed by atoms with E-state index < -0.39 is 12.1 Å². The van der Waals surface area contributed by atoms with Gasteiger partial charge in [-0.05, 0) is 43.7 Å². The number of likely N-dealkylation sites (N-methyl/N-ethyl adjacent to an activating group) is 1. The third-order valence-electron chi connectivity index (χ3n) is 5.28. The Morgan fingerprint density at radius 3 is 2.89 bits per heavy atom. The van der Waals surface area contributed by atoms with Gasteiger partial charge in [-0.25, -0.2) is 4.79 Å². The molecule has 0 bridgehead atoms. The van der Waals surface area contributed by atoms with Crippen LogP contribution in [0, 0.1) is 17.2 Å². The first-order valence-corrected chi connectivity index (χ1v) is 9.65.